The number of aromatic nitrogens is 1. The molecule has 0 bridgehead atoms. The molecule has 0 atom stereocenters. The van der Waals surface area contributed by atoms with Gasteiger partial charge in [-0.2, -0.15) is 0 Å². The molecular formula is C15H27N3. The van der Waals surface area contributed by atoms with Gasteiger partial charge in [0.2, 0.25) is 0 Å². The van der Waals surface area contributed by atoms with Crippen LogP contribution in [0.4, 0.5) is 11.5 Å². The Morgan fingerprint density at radius 2 is 2.06 bits per heavy atom. The Balaban J connectivity index is 2.45. The number of unbranched alkanes of at least 4 members (excludes halogenated alkanes) is 2. The van der Waals surface area contributed by atoms with Gasteiger partial charge in [0.1, 0.15) is 5.82 Å². The molecule has 0 spiro atoms. The highest BCUT2D eigenvalue weighted by Gasteiger charge is 2.17. The zero-order valence-corrected chi connectivity index (χ0v) is 12.2. The summed E-state index contributed by atoms with van der Waals surface area (Å²) in [5.74, 6) is 0.877. The second-order valence-electron chi connectivity index (χ2n) is 5.90. The Hall–Kier alpha value is -1.25. The van der Waals surface area contributed by atoms with Gasteiger partial charge in [0.05, 0.1) is 0 Å². The zero-order valence-electron chi connectivity index (χ0n) is 12.2. The van der Waals surface area contributed by atoms with Crippen molar-refractivity contribution in [3.63, 3.8) is 0 Å². The number of nitrogens with two attached hydrogens (primary N) is 1. The van der Waals surface area contributed by atoms with Crippen molar-refractivity contribution in [1.82, 2.24) is 4.98 Å². The number of nitrogens with one attached hydrogen (secondary N) is 1. The van der Waals surface area contributed by atoms with Crippen molar-refractivity contribution in [1.29, 1.82) is 0 Å². The maximum atomic E-state index is 5.88. The van der Waals surface area contributed by atoms with E-state index in [0.717, 1.165) is 23.6 Å². The molecule has 1 aromatic rings. The van der Waals surface area contributed by atoms with Gasteiger partial charge in [0, 0.05) is 24.5 Å². The molecule has 3 nitrogen and oxygen atoms in total. The summed E-state index contributed by atoms with van der Waals surface area (Å²) < 4.78 is 0. The molecule has 1 rings (SSSR count). The highest BCUT2D eigenvalue weighted by atomic mass is 15.0. The van der Waals surface area contributed by atoms with Crippen molar-refractivity contribution in [2.24, 2.45) is 5.41 Å². The van der Waals surface area contributed by atoms with Crippen LogP contribution in [-0.4, -0.2) is 11.5 Å². The van der Waals surface area contributed by atoms with Gasteiger partial charge in [0.25, 0.3) is 0 Å². The first-order valence-corrected chi connectivity index (χ1v) is 6.90. The molecule has 0 fully saturated rings. The van der Waals surface area contributed by atoms with Crippen LogP contribution >= 0.6 is 0 Å². The van der Waals surface area contributed by atoms with Crippen LogP contribution in [0.15, 0.2) is 12.3 Å². The van der Waals surface area contributed by atoms with Crippen molar-refractivity contribution < 1.29 is 0 Å². The van der Waals surface area contributed by atoms with Crippen LogP contribution < -0.4 is 11.1 Å². The van der Waals surface area contributed by atoms with Gasteiger partial charge < -0.3 is 11.1 Å². The SMILES string of the molecule is CCCCCC(C)(C)CNc1cc(N)c(C)cn1. The molecule has 1 heterocycles. The molecule has 102 valence electrons. The fraction of sp³-hybridized carbons (Fsp3) is 0.667. The summed E-state index contributed by atoms with van der Waals surface area (Å²) in [4.78, 5) is 4.35. The molecule has 0 aliphatic heterocycles. The highest BCUT2D eigenvalue weighted by molar-refractivity contribution is 5.53. The summed E-state index contributed by atoms with van der Waals surface area (Å²) >= 11 is 0. The molecule has 0 aliphatic carbocycles. The van der Waals surface area contributed by atoms with Crippen molar-refractivity contribution in [3.05, 3.63) is 17.8 Å². The standard InChI is InChI=1S/C15H27N3/c1-5-6-7-8-15(3,4)11-18-14-9-13(16)12(2)10-17-14/h9-10H,5-8,11H2,1-4H3,(H3,16,17,18). The minimum Gasteiger partial charge on any atom is -0.398 e. The molecule has 3 N–H and O–H groups in total. The molecule has 0 unspecified atom stereocenters. The fourth-order valence-electron chi connectivity index (χ4n) is 1.91. The van der Waals surface area contributed by atoms with E-state index in [0.29, 0.717) is 5.41 Å². The van der Waals surface area contributed by atoms with Gasteiger partial charge in [-0.05, 0) is 24.3 Å². The number of hydrogen-bond acceptors (Lipinski definition) is 3. The summed E-state index contributed by atoms with van der Waals surface area (Å²) in [7, 11) is 0. The van der Waals surface area contributed by atoms with E-state index in [1.807, 2.05) is 19.2 Å². The quantitative estimate of drug-likeness (QED) is 0.718. The second kappa shape index (κ2) is 6.62. The smallest absolute Gasteiger partial charge is 0.127 e. The molecular weight excluding hydrogens is 222 g/mol. The predicted molar refractivity (Wildman–Crippen MR) is 79.8 cm³/mol. The molecule has 0 radical (unpaired) electrons. The van der Waals surface area contributed by atoms with E-state index < -0.39 is 0 Å². The second-order valence-corrected chi connectivity index (χ2v) is 5.90. The monoisotopic (exact) mass is 249 g/mol. The normalized spacial score (nSPS) is 11.6. The van der Waals surface area contributed by atoms with E-state index in [-0.39, 0.29) is 0 Å². The van der Waals surface area contributed by atoms with Crippen molar-refractivity contribution in [2.45, 2.75) is 53.4 Å². The maximum Gasteiger partial charge on any atom is 0.127 e. The summed E-state index contributed by atoms with van der Waals surface area (Å²) in [5, 5.41) is 3.39. The topological polar surface area (TPSA) is 50.9 Å². The van der Waals surface area contributed by atoms with Crippen LogP contribution in [0, 0.1) is 12.3 Å². The number of pyridine rings is 1. The molecule has 0 amide bonds. The zero-order chi connectivity index (χ0) is 13.6. The summed E-state index contributed by atoms with van der Waals surface area (Å²) in [5.41, 5.74) is 8.01. The van der Waals surface area contributed by atoms with Crippen LogP contribution in [0.25, 0.3) is 0 Å². The van der Waals surface area contributed by atoms with E-state index in [4.69, 9.17) is 5.73 Å². The third-order valence-electron chi connectivity index (χ3n) is 3.35. The Bertz CT molecular complexity index is 372. The van der Waals surface area contributed by atoms with Gasteiger partial charge in [0.15, 0.2) is 0 Å². The van der Waals surface area contributed by atoms with E-state index in [1.165, 1.54) is 25.7 Å². The van der Waals surface area contributed by atoms with Crippen LogP contribution in [-0.2, 0) is 0 Å². The van der Waals surface area contributed by atoms with E-state index >= 15 is 0 Å². The lowest BCUT2D eigenvalue weighted by molar-refractivity contribution is 0.342. The molecule has 0 saturated carbocycles. The molecule has 0 aliphatic rings. The molecule has 0 aromatic carbocycles. The Morgan fingerprint density at radius 3 is 2.67 bits per heavy atom. The van der Waals surface area contributed by atoms with Gasteiger partial charge in [-0.1, -0.05) is 40.0 Å². The average Bonchev–Trinajstić information content (AvgIpc) is 2.31. The first-order chi connectivity index (χ1) is 8.44. The number of nitrogen functional groups attached to an aromatic ring is 1. The van der Waals surface area contributed by atoms with Gasteiger partial charge in [-0.25, -0.2) is 4.98 Å². The average molecular weight is 249 g/mol. The van der Waals surface area contributed by atoms with Gasteiger partial charge in [-0.3, -0.25) is 0 Å². The Morgan fingerprint density at radius 1 is 1.33 bits per heavy atom. The lowest BCUT2D eigenvalue weighted by Crippen LogP contribution is -2.23. The summed E-state index contributed by atoms with van der Waals surface area (Å²) in [6.45, 7) is 9.75. The number of nitrogens with zero attached hydrogens (tertiary/aromatic N) is 1. The predicted octanol–water partition coefficient (Wildman–Crippen LogP) is 3.99. The number of anilines is 2. The van der Waals surface area contributed by atoms with Gasteiger partial charge in [-0.15, -0.1) is 0 Å². The number of aryl methyl sites for hydroxylation is 1. The van der Waals surface area contributed by atoms with Crippen LogP contribution in [0.2, 0.25) is 0 Å². The first-order valence-electron chi connectivity index (χ1n) is 6.90. The van der Waals surface area contributed by atoms with Crippen LogP contribution in [0.3, 0.4) is 0 Å². The van der Waals surface area contributed by atoms with E-state index in [9.17, 15) is 0 Å². The van der Waals surface area contributed by atoms with E-state index in [2.05, 4.69) is 31.1 Å². The van der Waals surface area contributed by atoms with Crippen molar-refractivity contribution in [2.75, 3.05) is 17.6 Å². The lowest BCUT2D eigenvalue weighted by Gasteiger charge is -2.25. The minimum absolute atomic E-state index is 0.302. The largest absolute Gasteiger partial charge is 0.398 e. The van der Waals surface area contributed by atoms with Crippen LogP contribution in [0.5, 0.6) is 0 Å². The van der Waals surface area contributed by atoms with Gasteiger partial charge >= 0.3 is 0 Å². The Labute approximate surface area is 111 Å². The molecule has 18 heavy (non-hydrogen) atoms. The third-order valence-corrected chi connectivity index (χ3v) is 3.35. The third kappa shape index (κ3) is 4.94. The van der Waals surface area contributed by atoms with Crippen LogP contribution in [0.1, 0.15) is 52.0 Å². The lowest BCUT2D eigenvalue weighted by atomic mass is 9.87. The fourth-order valence-corrected chi connectivity index (χ4v) is 1.91. The summed E-state index contributed by atoms with van der Waals surface area (Å²) in [6, 6.07) is 1.91. The first kappa shape index (κ1) is 14.8. The molecule has 3 heteroatoms. The molecule has 1 aromatic heterocycles. The minimum atomic E-state index is 0.302. The highest BCUT2D eigenvalue weighted by Crippen LogP contribution is 2.24. The maximum absolute atomic E-state index is 5.88. The number of rotatable bonds is 7. The molecule has 0 saturated heterocycles. The summed E-state index contributed by atoms with van der Waals surface area (Å²) in [6.07, 6.45) is 6.96. The van der Waals surface area contributed by atoms with Crippen molar-refractivity contribution in [3.8, 4) is 0 Å². The van der Waals surface area contributed by atoms with E-state index in [1.54, 1.807) is 0 Å². The number of hydrogen-bond donors (Lipinski definition) is 2. The Kier molecular flexibility index (Phi) is 5.45. The van der Waals surface area contributed by atoms with Crippen molar-refractivity contribution >= 4 is 11.5 Å².